The molecule has 2 N–H and O–H groups in total. The Kier molecular flexibility index (Phi) is 2.52. The van der Waals surface area contributed by atoms with E-state index >= 15 is 0 Å². The number of aliphatic imine (C=N–C) groups is 1. The van der Waals surface area contributed by atoms with Crippen LogP contribution in [0.25, 0.3) is 0 Å². The number of nitrogens with two attached hydrogens (primary N) is 1. The molecule has 1 aliphatic carbocycles. The normalized spacial score (nSPS) is 23.4. The number of urea groups is 1. The number of hydrogen-bond acceptors (Lipinski definition) is 2. The maximum Gasteiger partial charge on any atom is 0.346 e. The quantitative estimate of drug-likeness (QED) is 0.895. The van der Waals surface area contributed by atoms with Gasteiger partial charge < -0.3 is 10.6 Å². The first-order valence-electron chi connectivity index (χ1n) is 5.69. The van der Waals surface area contributed by atoms with Gasteiger partial charge in [0.2, 0.25) is 0 Å². The first-order chi connectivity index (χ1) is 8.58. The zero-order valence-corrected chi connectivity index (χ0v) is 10.2. The molecule has 1 aliphatic heterocycles. The Morgan fingerprint density at radius 2 is 2.17 bits per heavy atom. The second kappa shape index (κ2) is 3.95. The van der Waals surface area contributed by atoms with E-state index in [0.717, 1.165) is 12.8 Å². The molecule has 0 saturated heterocycles. The maximum absolute atomic E-state index is 13.5. The van der Waals surface area contributed by atoms with E-state index in [1.807, 2.05) is 0 Å². The average Bonchev–Trinajstić information content (AvgIpc) is 3.09. The Labute approximate surface area is 108 Å². The lowest BCUT2D eigenvalue weighted by atomic mass is 10.1. The van der Waals surface area contributed by atoms with Gasteiger partial charge in [-0.05, 0) is 30.5 Å². The maximum atomic E-state index is 13.5. The third kappa shape index (κ3) is 1.75. The number of halogens is 2. The van der Waals surface area contributed by atoms with Crippen LogP contribution in [-0.2, 0) is 0 Å². The molecule has 0 aromatic heterocycles. The molecule has 1 aromatic carbocycles. The zero-order valence-electron chi connectivity index (χ0n) is 9.44. The second-order valence-electron chi connectivity index (χ2n) is 4.53. The molecule has 2 aliphatic rings. The Morgan fingerprint density at radius 3 is 2.78 bits per heavy atom. The smallest absolute Gasteiger partial charge is 0.346 e. The van der Waals surface area contributed by atoms with Gasteiger partial charge in [-0.2, -0.15) is 4.99 Å². The summed E-state index contributed by atoms with van der Waals surface area (Å²) in [5.41, 5.74) is 6.38. The Bertz CT molecular complexity index is 556. The molecule has 1 atom stereocenters. The van der Waals surface area contributed by atoms with Gasteiger partial charge in [-0.15, -0.1) is 0 Å². The summed E-state index contributed by atoms with van der Waals surface area (Å²) in [6.07, 6.45) is 1.89. The molecule has 1 aromatic rings. The van der Waals surface area contributed by atoms with E-state index in [2.05, 4.69) is 4.99 Å². The number of benzene rings is 1. The van der Waals surface area contributed by atoms with Crippen LogP contribution in [0.1, 0.15) is 24.4 Å². The second-order valence-corrected chi connectivity index (χ2v) is 4.94. The highest BCUT2D eigenvalue weighted by atomic mass is 35.5. The van der Waals surface area contributed by atoms with Crippen LogP contribution in [-0.4, -0.2) is 22.8 Å². The minimum Gasteiger partial charge on any atom is -0.385 e. The Balaban J connectivity index is 2.00. The summed E-state index contributed by atoms with van der Waals surface area (Å²) in [6, 6.07) is 3.82. The zero-order chi connectivity index (χ0) is 12.9. The van der Waals surface area contributed by atoms with E-state index < -0.39 is 11.9 Å². The highest BCUT2D eigenvalue weighted by Crippen LogP contribution is 2.38. The van der Waals surface area contributed by atoms with Crippen LogP contribution >= 0.6 is 11.6 Å². The van der Waals surface area contributed by atoms with Crippen LogP contribution in [0, 0.1) is 5.82 Å². The third-order valence-corrected chi connectivity index (χ3v) is 3.51. The lowest BCUT2D eigenvalue weighted by Gasteiger charge is -2.24. The molecule has 3 rings (SSSR count). The van der Waals surface area contributed by atoms with Crippen molar-refractivity contribution < 1.29 is 9.18 Å². The van der Waals surface area contributed by atoms with Crippen molar-refractivity contribution in [3.63, 3.8) is 0 Å². The van der Waals surface area contributed by atoms with Crippen molar-refractivity contribution in [2.45, 2.75) is 24.9 Å². The molecule has 1 fully saturated rings. The highest BCUT2D eigenvalue weighted by Gasteiger charge is 2.43. The third-order valence-electron chi connectivity index (χ3n) is 3.20. The van der Waals surface area contributed by atoms with Gasteiger partial charge in [-0.3, -0.25) is 0 Å². The van der Waals surface area contributed by atoms with Crippen molar-refractivity contribution in [1.82, 2.24) is 4.90 Å². The number of carbonyl (C=O) groups excluding carboxylic acids is 1. The van der Waals surface area contributed by atoms with Crippen molar-refractivity contribution >= 4 is 23.5 Å². The van der Waals surface area contributed by atoms with E-state index in [9.17, 15) is 9.18 Å². The van der Waals surface area contributed by atoms with Crippen LogP contribution < -0.4 is 5.73 Å². The standard InChI is InChI=1S/C12H11ClFN3O/c13-8-4-1-6(5-9(8)14)10-11(15)16-12(18)17(10)7-2-3-7/h1,4-5,7,10H,2-3H2,(H2,15,16,18). The molecule has 0 radical (unpaired) electrons. The molecule has 6 heteroatoms. The predicted octanol–water partition coefficient (Wildman–Crippen LogP) is 2.48. The van der Waals surface area contributed by atoms with Crippen molar-refractivity contribution in [3.05, 3.63) is 34.6 Å². The van der Waals surface area contributed by atoms with Gasteiger partial charge in [0.25, 0.3) is 0 Å². The van der Waals surface area contributed by atoms with Gasteiger partial charge in [0.1, 0.15) is 17.7 Å². The lowest BCUT2D eigenvalue weighted by molar-refractivity contribution is 0.203. The van der Waals surface area contributed by atoms with Crippen LogP contribution in [0.15, 0.2) is 23.2 Å². The lowest BCUT2D eigenvalue weighted by Crippen LogP contribution is -2.35. The Hall–Kier alpha value is -1.62. The van der Waals surface area contributed by atoms with E-state index in [1.165, 1.54) is 12.1 Å². The summed E-state index contributed by atoms with van der Waals surface area (Å²) < 4.78 is 13.5. The van der Waals surface area contributed by atoms with Gasteiger partial charge in [0, 0.05) is 6.04 Å². The largest absolute Gasteiger partial charge is 0.385 e. The van der Waals surface area contributed by atoms with Crippen molar-refractivity contribution in [1.29, 1.82) is 0 Å². The first kappa shape index (κ1) is 11.5. The van der Waals surface area contributed by atoms with Crippen molar-refractivity contribution in [3.8, 4) is 0 Å². The minimum atomic E-state index is -0.517. The van der Waals surface area contributed by atoms with E-state index in [0.29, 0.717) is 5.56 Å². The molecule has 18 heavy (non-hydrogen) atoms. The number of nitrogens with zero attached hydrogens (tertiary/aromatic N) is 2. The summed E-state index contributed by atoms with van der Waals surface area (Å²) in [7, 11) is 0. The monoisotopic (exact) mass is 267 g/mol. The van der Waals surface area contributed by atoms with Crippen LogP contribution in [0.2, 0.25) is 5.02 Å². The number of carbonyl (C=O) groups is 1. The summed E-state index contributed by atoms with van der Waals surface area (Å²) in [5, 5.41) is 0.0524. The van der Waals surface area contributed by atoms with Gasteiger partial charge in [0.15, 0.2) is 0 Å². The van der Waals surface area contributed by atoms with Gasteiger partial charge in [-0.25, -0.2) is 9.18 Å². The summed E-state index contributed by atoms with van der Waals surface area (Å²) in [6.45, 7) is 0. The minimum absolute atomic E-state index is 0.0524. The molecule has 1 unspecified atom stereocenters. The van der Waals surface area contributed by atoms with Crippen molar-refractivity contribution in [2.24, 2.45) is 10.7 Å². The number of amides is 2. The molecule has 1 saturated carbocycles. The van der Waals surface area contributed by atoms with Crippen molar-refractivity contribution in [2.75, 3.05) is 0 Å². The number of hydrogen-bond donors (Lipinski definition) is 1. The first-order valence-corrected chi connectivity index (χ1v) is 6.07. The molecule has 2 amide bonds. The molecule has 94 valence electrons. The van der Waals surface area contributed by atoms with E-state index in [1.54, 1.807) is 11.0 Å². The van der Waals surface area contributed by atoms with Crippen LogP contribution in [0.4, 0.5) is 9.18 Å². The number of amidine groups is 1. The Morgan fingerprint density at radius 1 is 1.44 bits per heavy atom. The topological polar surface area (TPSA) is 58.7 Å². The predicted molar refractivity (Wildman–Crippen MR) is 66.0 cm³/mol. The highest BCUT2D eigenvalue weighted by molar-refractivity contribution is 6.30. The van der Waals surface area contributed by atoms with Gasteiger partial charge in [-0.1, -0.05) is 17.7 Å². The molecular weight excluding hydrogens is 257 g/mol. The summed E-state index contributed by atoms with van der Waals surface area (Å²) in [4.78, 5) is 17.1. The molecule has 0 bridgehead atoms. The number of rotatable bonds is 2. The SMILES string of the molecule is NC1=NC(=O)N(C2CC2)C1c1ccc(Cl)c(F)c1. The fraction of sp³-hybridized carbons (Fsp3) is 0.333. The fourth-order valence-electron chi connectivity index (χ4n) is 2.22. The van der Waals surface area contributed by atoms with E-state index in [4.69, 9.17) is 17.3 Å². The van der Waals surface area contributed by atoms with Gasteiger partial charge >= 0.3 is 6.03 Å². The molecular formula is C12H11ClFN3O. The van der Waals surface area contributed by atoms with Gasteiger partial charge in [0.05, 0.1) is 5.02 Å². The van der Waals surface area contributed by atoms with Crippen LogP contribution in [0.3, 0.4) is 0 Å². The average molecular weight is 268 g/mol. The summed E-state index contributed by atoms with van der Waals surface area (Å²) in [5.74, 6) is -0.300. The molecule has 1 heterocycles. The molecule has 4 nitrogen and oxygen atoms in total. The fourth-order valence-corrected chi connectivity index (χ4v) is 2.33. The summed E-state index contributed by atoms with van der Waals surface area (Å²) >= 11 is 5.65. The van der Waals surface area contributed by atoms with E-state index in [-0.39, 0.29) is 22.9 Å². The van der Waals surface area contributed by atoms with Crippen LogP contribution in [0.5, 0.6) is 0 Å². The molecule has 0 spiro atoms.